The van der Waals surface area contributed by atoms with Gasteiger partial charge in [0.2, 0.25) is 0 Å². The Kier molecular flexibility index (Phi) is 2.89. The molecule has 0 aliphatic carbocycles. The van der Waals surface area contributed by atoms with E-state index in [1.165, 1.54) is 10.9 Å². The maximum Gasteiger partial charge on any atom is 0.180 e. The molecule has 0 saturated carbocycles. The molecule has 1 heterocycles. The van der Waals surface area contributed by atoms with E-state index in [0.29, 0.717) is 11.6 Å². The molecule has 12 heavy (non-hydrogen) atoms. The summed E-state index contributed by atoms with van der Waals surface area (Å²) in [6.45, 7) is 1.23. The molecule has 0 aliphatic rings. The molecule has 6 heteroatoms. The Morgan fingerprint density at radius 1 is 1.33 bits per heavy atom. The molecule has 0 spiro atoms. The Bertz CT molecular complexity index is 260. The van der Waals surface area contributed by atoms with Gasteiger partial charge in [0.1, 0.15) is 13.2 Å². The normalized spacial score (nSPS) is 11.2. The van der Waals surface area contributed by atoms with Gasteiger partial charge in [-0.05, 0) is 6.92 Å². The molecule has 0 fully saturated rings. The summed E-state index contributed by atoms with van der Waals surface area (Å²) in [5.41, 5.74) is 0. The Labute approximate surface area is 69.2 Å². The smallest absolute Gasteiger partial charge is 0.180 e. The van der Waals surface area contributed by atoms with Gasteiger partial charge in [0.05, 0.1) is 0 Å². The van der Waals surface area contributed by atoms with Crippen LogP contribution < -0.4 is 0 Å². The lowest BCUT2D eigenvalue weighted by molar-refractivity contribution is 0.255. The minimum atomic E-state index is -0.246. The Hall–Kier alpha value is -1.27. The fraction of sp³-hybridized carbons (Fsp3) is 0.500. The highest BCUT2D eigenvalue weighted by molar-refractivity contribution is 5.53. The molecule has 0 radical (unpaired) electrons. The zero-order chi connectivity index (χ0) is 8.97. The lowest BCUT2D eigenvalue weighted by Gasteiger charge is -1.98. The van der Waals surface area contributed by atoms with Gasteiger partial charge in [-0.1, -0.05) is 0 Å². The third kappa shape index (κ3) is 1.49. The predicted molar refractivity (Wildman–Crippen MR) is 41.4 cm³/mol. The zero-order valence-corrected chi connectivity index (χ0v) is 6.67. The molecule has 0 unspecified atom stereocenters. The van der Waals surface area contributed by atoms with Gasteiger partial charge in [0.25, 0.3) is 0 Å². The van der Waals surface area contributed by atoms with Crippen LogP contribution in [-0.4, -0.2) is 31.3 Å². The molecule has 0 aromatic carbocycles. The molecule has 1 rings (SSSR count). The van der Waals surface area contributed by atoms with Crippen LogP contribution in [0.2, 0.25) is 0 Å². The van der Waals surface area contributed by atoms with Gasteiger partial charge in [-0.15, -0.1) is 10.2 Å². The van der Waals surface area contributed by atoms with Crippen molar-refractivity contribution in [1.82, 2.24) is 14.9 Å². The molecule has 0 atom stereocenters. The van der Waals surface area contributed by atoms with Crippen molar-refractivity contribution in [3.63, 3.8) is 0 Å². The maximum atomic E-state index is 8.78. The summed E-state index contributed by atoms with van der Waals surface area (Å²) in [4.78, 5) is 0. The Morgan fingerprint density at radius 3 is 2.17 bits per heavy atom. The summed E-state index contributed by atoms with van der Waals surface area (Å²) in [5.74, 6) is 0.634. The second-order valence-electron chi connectivity index (χ2n) is 2.03. The maximum absolute atomic E-state index is 8.78. The topological polar surface area (TPSA) is 83.5 Å². The zero-order valence-electron chi connectivity index (χ0n) is 6.67. The third-order valence-corrected chi connectivity index (χ3v) is 1.28. The van der Waals surface area contributed by atoms with Gasteiger partial charge in [-0.25, -0.2) is 0 Å². The Balaban J connectivity index is 3.07. The number of aliphatic hydroxyl groups is 2. The van der Waals surface area contributed by atoms with Crippen molar-refractivity contribution in [1.29, 1.82) is 0 Å². The standard InChI is InChI=1S/C6H10N4O2/c1-2-7-10-5(3-11)8-9-6(10)4-12/h2,11-12H,3-4H2,1H3. The highest BCUT2D eigenvalue weighted by Gasteiger charge is 2.07. The van der Waals surface area contributed by atoms with Crippen molar-refractivity contribution >= 4 is 6.21 Å². The van der Waals surface area contributed by atoms with Gasteiger partial charge in [0, 0.05) is 6.21 Å². The number of hydrogen-bond donors (Lipinski definition) is 2. The van der Waals surface area contributed by atoms with Crippen LogP contribution in [0.3, 0.4) is 0 Å². The van der Waals surface area contributed by atoms with Crippen LogP contribution in [0.25, 0.3) is 0 Å². The summed E-state index contributed by atoms with van der Waals surface area (Å²) in [6.07, 6.45) is 1.53. The molecule has 0 amide bonds. The van der Waals surface area contributed by atoms with Crippen molar-refractivity contribution in [2.75, 3.05) is 0 Å². The quantitative estimate of drug-likeness (QED) is 0.577. The van der Waals surface area contributed by atoms with Crippen LogP contribution in [0.4, 0.5) is 0 Å². The van der Waals surface area contributed by atoms with E-state index in [9.17, 15) is 0 Å². The number of aromatic nitrogens is 3. The summed E-state index contributed by atoms with van der Waals surface area (Å²) < 4.78 is 1.31. The van der Waals surface area contributed by atoms with E-state index in [0.717, 1.165) is 0 Å². The van der Waals surface area contributed by atoms with Crippen LogP contribution >= 0.6 is 0 Å². The van der Waals surface area contributed by atoms with E-state index >= 15 is 0 Å². The molecule has 1 aromatic rings. The largest absolute Gasteiger partial charge is 0.388 e. The number of nitrogens with zero attached hydrogens (tertiary/aromatic N) is 4. The molecule has 2 N–H and O–H groups in total. The van der Waals surface area contributed by atoms with Crippen molar-refractivity contribution in [3.05, 3.63) is 11.6 Å². The van der Waals surface area contributed by atoms with Crippen molar-refractivity contribution in [2.24, 2.45) is 5.10 Å². The molecular formula is C6H10N4O2. The average Bonchev–Trinajstić information content (AvgIpc) is 2.48. The van der Waals surface area contributed by atoms with Crippen LogP contribution in [-0.2, 0) is 13.2 Å². The third-order valence-electron chi connectivity index (χ3n) is 1.28. The van der Waals surface area contributed by atoms with Gasteiger partial charge in [-0.2, -0.15) is 9.78 Å². The number of aliphatic hydroxyl groups excluding tert-OH is 2. The summed E-state index contributed by atoms with van der Waals surface area (Å²) >= 11 is 0. The lowest BCUT2D eigenvalue weighted by Crippen LogP contribution is -2.02. The fourth-order valence-corrected chi connectivity index (χ4v) is 0.795. The second kappa shape index (κ2) is 3.93. The summed E-state index contributed by atoms with van der Waals surface area (Å²) in [5, 5.41) is 28.6. The highest BCUT2D eigenvalue weighted by atomic mass is 16.3. The monoisotopic (exact) mass is 170 g/mol. The first kappa shape index (κ1) is 8.82. The molecule has 0 bridgehead atoms. The molecule has 6 nitrogen and oxygen atoms in total. The van der Waals surface area contributed by atoms with Crippen LogP contribution in [0.1, 0.15) is 18.6 Å². The lowest BCUT2D eigenvalue weighted by atomic mass is 10.6. The van der Waals surface area contributed by atoms with Crippen molar-refractivity contribution in [2.45, 2.75) is 20.1 Å². The van der Waals surface area contributed by atoms with Crippen LogP contribution in [0, 0.1) is 0 Å². The number of hydrogen-bond acceptors (Lipinski definition) is 5. The molecule has 1 aromatic heterocycles. The average molecular weight is 170 g/mol. The van der Waals surface area contributed by atoms with E-state index in [2.05, 4.69) is 15.3 Å². The molecule has 0 saturated heterocycles. The van der Waals surface area contributed by atoms with E-state index in [4.69, 9.17) is 10.2 Å². The van der Waals surface area contributed by atoms with Crippen molar-refractivity contribution in [3.8, 4) is 0 Å². The van der Waals surface area contributed by atoms with E-state index < -0.39 is 0 Å². The van der Waals surface area contributed by atoms with Gasteiger partial charge in [0.15, 0.2) is 11.6 Å². The van der Waals surface area contributed by atoms with Crippen LogP contribution in [0.5, 0.6) is 0 Å². The van der Waals surface area contributed by atoms with Gasteiger partial charge in [-0.3, -0.25) is 0 Å². The minimum Gasteiger partial charge on any atom is -0.388 e. The first-order valence-electron chi connectivity index (χ1n) is 3.47. The van der Waals surface area contributed by atoms with Crippen molar-refractivity contribution < 1.29 is 10.2 Å². The minimum absolute atomic E-state index is 0.246. The molecule has 0 aliphatic heterocycles. The SMILES string of the molecule is CC=Nn1c(CO)nnc1CO. The molecular weight excluding hydrogens is 160 g/mol. The first-order chi connectivity index (χ1) is 5.83. The summed E-state index contributed by atoms with van der Waals surface area (Å²) in [6, 6.07) is 0. The highest BCUT2D eigenvalue weighted by Crippen LogP contribution is 2.00. The Morgan fingerprint density at radius 2 is 1.83 bits per heavy atom. The van der Waals surface area contributed by atoms with Gasteiger partial charge < -0.3 is 10.2 Å². The molecule has 66 valence electrons. The first-order valence-corrected chi connectivity index (χ1v) is 3.47. The number of rotatable bonds is 3. The van der Waals surface area contributed by atoms with E-state index in [-0.39, 0.29) is 13.2 Å². The van der Waals surface area contributed by atoms with Crippen LogP contribution in [0.15, 0.2) is 5.10 Å². The fourth-order valence-electron chi connectivity index (χ4n) is 0.795. The predicted octanol–water partition coefficient (Wildman–Crippen LogP) is -0.884. The van der Waals surface area contributed by atoms with E-state index in [1.54, 1.807) is 6.92 Å². The summed E-state index contributed by atoms with van der Waals surface area (Å²) in [7, 11) is 0. The van der Waals surface area contributed by atoms with Gasteiger partial charge >= 0.3 is 0 Å². The van der Waals surface area contributed by atoms with E-state index in [1.807, 2.05) is 0 Å². The second-order valence-corrected chi connectivity index (χ2v) is 2.03.